The molecule has 17 heavy (non-hydrogen) atoms. The summed E-state index contributed by atoms with van der Waals surface area (Å²) in [5.74, 6) is 0. The first kappa shape index (κ1) is 13.5. The van der Waals surface area contributed by atoms with Crippen molar-refractivity contribution in [3.8, 4) is 0 Å². The van der Waals surface area contributed by atoms with Crippen molar-refractivity contribution in [3.63, 3.8) is 0 Å². The lowest BCUT2D eigenvalue weighted by atomic mass is 9.85. The molecule has 1 aromatic rings. The Kier molecular flexibility index (Phi) is 4.29. The smallest absolute Gasteiger partial charge is 0.0357 e. The van der Waals surface area contributed by atoms with Gasteiger partial charge < -0.3 is 10.6 Å². The summed E-state index contributed by atoms with van der Waals surface area (Å²) in [6, 6.07) is 2.44. The average Bonchev–Trinajstić information content (AvgIpc) is 2.87. The number of nitrogens with two attached hydrogens (primary N) is 1. The summed E-state index contributed by atoms with van der Waals surface area (Å²) in [7, 11) is 4.35. The van der Waals surface area contributed by atoms with Gasteiger partial charge in [-0.05, 0) is 55.4 Å². The summed E-state index contributed by atoms with van der Waals surface area (Å²) in [5.41, 5.74) is 6.72. The van der Waals surface area contributed by atoms with Crippen molar-refractivity contribution in [2.75, 3.05) is 14.1 Å². The van der Waals surface area contributed by atoms with E-state index in [0.717, 1.165) is 6.42 Å². The first-order chi connectivity index (χ1) is 8.04. The molecule has 0 bridgehead atoms. The van der Waals surface area contributed by atoms with Crippen LogP contribution in [0.3, 0.4) is 0 Å². The Morgan fingerprint density at radius 2 is 2.12 bits per heavy atom. The molecule has 2 N–H and O–H groups in total. The monoisotopic (exact) mass is 316 g/mol. The highest BCUT2D eigenvalue weighted by molar-refractivity contribution is 9.10. The van der Waals surface area contributed by atoms with Gasteiger partial charge in [0.25, 0.3) is 0 Å². The quantitative estimate of drug-likeness (QED) is 0.923. The summed E-state index contributed by atoms with van der Waals surface area (Å²) in [5, 5.41) is 2.14. The molecular formula is C13H21BrN2S. The maximum absolute atomic E-state index is 6.51. The molecule has 4 heteroatoms. The Bertz CT molecular complexity index is 369. The number of rotatable bonds is 4. The Hall–Kier alpha value is 0.1000. The van der Waals surface area contributed by atoms with Gasteiger partial charge in [0, 0.05) is 26.3 Å². The van der Waals surface area contributed by atoms with Gasteiger partial charge in [0.2, 0.25) is 0 Å². The summed E-state index contributed by atoms with van der Waals surface area (Å²) >= 11 is 5.31. The maximum atomic E-state index is 6.51. The zero-order valence-corrected chi connectivity index (χ0v) is 13.0. The molecule has 0 saturated heterocycles. The van der Waals surface area contributed by atoms with E-state index in [9.17, 15) is 0 Å². The highest BCUT2D eigenvalue weighted by Gasteiger charge is 2.41. The molecule has 1 unspecified atom stereocenters. The number of hydrogen-bond acceptors (Lipinski definition) is 3. The number of hydrogen-bond donors (Lipinski definition) is 1. The standard InChI is InChI=1S/C13H21BrN2S/c1-16(2)13(5-3-4-6-13)12(15)8-11-7-10(14)9-17-11/h7,9,12H,3-6,8,15H2,1-2H3. The normalized spacial score (nSPS) is 21.0. The van der Waals surface area contributed by atoms with Crippen LogP contribution in [-0.2, 0) is 6.42 Å². The van der Waals surface area contributed by atoms with Crippen molar-refractivity contribution in [3.05, 3.63) is 20.8 Å². The van der Waals surface area contributed by atoms with Crippen molar-refractivity contribution in [2.45, 2.75) is 43.7 Å². The van der Waals surface area contributed by atoms with Crippen molar-refractivity contribution >= 4 is 27.3 Å². The third kappa shape index (κ3) is 2.75. The molecule has 96 valence electrons. The molecule has 1 heterocycles. The fourth-order valence-electron chi connectivity index (χ4n) is 3.00. The van der Waals surface area contributed by atoms with Crippen molar-refractivity contribution in [1.82, 2.24) is 4.90 Å². The second-order valence-electron chi connectivity index (χ2n) is 5.25. The van der Waals surface area contributed by atoms with Crippen LogP contribution in [0.4, 0.5) is 0 Å². The van der Waals surface area contributed by atoms with Crippen LogP contribution in [0, 0.1) is 0 Å². The van der Waals surface area contributed by atoms with Gasteiger partial charge in [-0.25, -0.2) is 0 Å². The van der Waals surface area contributed by atoms with Crippen LogP contribution < -0.4 is 5.73 Å². The molecule has 0 spiro atoms. The summed E-state index contributed by atoms with van der Waals surface area (Å²) in [6.45, 7) is 0. The van der Waals surface area contributed by atoms with E-state index in [4.69, 9.17) is 5.73 Å². The van der Waals surface area contributed by atoms with Crippen molar-refractivity contribution < 1.29 is 0 Å². The second kappa shape index (κ2) is 5.39. The molecular weight excluding hydrogens is 296 g/mol. The van der Waals surface area contributed by atoms with E-state index in [1.807, 2.05) is 0 Å². The highest BCUT2D eigenvalue weighted by Crippen LogP contribution is 2.37. The summed E-state index contributed by atoms with van der Waals surface area (Å²) in [4.78, 5) is 3.74. The SMILES string of the molecule is CN(C)C1(C(N)Cc2cc(Br)cs2)CCCC1. The number of likely N-dealkylation sites (N-methyl/N-ethyl adjacent to an activating group) is 1. The molecule has 2 rings (SSSR count). The van der Waals surface area contributed by atoms with Gasteiger partial charge in [0.1, 0.15) is 0 Å². The van der Waals surface area contributed by atoms with Gasteiger partial charge in [0.15, 0.2) is 0 Å². The minimum atomic E-state index is 0.219. The topological polar surface area (TPSA) is 29.3 Å². The van der Waals surface area contributed by atoms with Gasteiger partial charge in [-0.1, -0.05) is 12.8 Å². The molecule has 2 nitrogen and oxygen atoms in total. The van der Waals surface area contributed by atoms with Crippen molar-refractivity contribution in [2.24, 2.45) is 5.73 Å². The van der Waals surface area contributed by atoms with E-state index in [-0.39, 0.29) is 11.6 Å². The Morgan fingerprint density at radius 3 is 2.59 bits per heavy atom. The van der Waals surface area contributed by atoms with E-state index in [2.05, 4.69) is 46.4 Å². The van der Waals surface area contributed by atoms with E-state index in [1.165, 1.54) is 35.0 Å². The van der Waals surface area contributed by atoms with E-state index in [1.54, 1.807) is 11.3 Å². The molecule has 1 atom stereocenters. The minimum absolute atomic E-state index is 0.219. The largest absolute Gasteiger partial charge is 0.326 e. The van der Waals surface area contributed by atoms with E-state index >= 15 is 0 Å². The Balaban J connectivity index is 2.09. The zero-order chi connectivity index (χ0) is 12.5. The van der Waals surface area contributed by atoms with Crippen LogP contribution >= 0.6 is 27.3 Å². The zero-order valence-electron chi connectivity index (χ0n) is 10.6. The van der Waals surface area contributed by atoms with Gasteiger partial charge in [-0.3, -0.25) is 0 Å². The maximum Gasteiger partial charge on any atom is 0.0357 e. The Morgan fingerprint density at radius 1 is 1.47 bits per heavy atom. The fourth-order valence-corrected chi connectivity index (χ4v) is 4.52. The van der Waals surface area contributed by atoms with E-state index in [0.29, 0.717) is 0 Å². The molecule has 0 aromatic carbocycles. The van der Waals surface area contributed by atoms with E-state index < -0.39 is 0 Å². The number of thiophene rings is 1. The predicted octanol–water partition coefficient (Wildman–Crippen LogP) is 3.25. The Labute approximate surface area is 116 Å². The van der Waals surface area contributed by atoms with Crippen LogP contribution in [0.15, 0.2) is 15.9 Å². The number of halogens is 1. The molecule has 1 fully saturated rings. The molecule has 1 aliphatic carbocycles. The summed E-state index contributed by atoms with van der Waals surface area (Å²) in [6.07, 6.45) is 6.12. The fraction of sp³-hybridized carbons (Fsp3) is 0.692. The molecule has 0 amide bonds. The minimum Gasteiger partial charge on any atom is -0.326 e. The third-order valence-electron chi connectivity index (χ3n) is 4.09. The van der Waals surface area contributed by atoms with Crippen molar-refractivity contribution in [1.29, 1.82) is 0 Å². The van der Waals surface area contributed by atoms with Gasteiger partial charge in [-0.2, -0.15) is 0 Å². The number of nitrogens with zero attached hydrogens (tertiary/aromatic N) is 1. The molecule has 1 aliphatic rings. The molecule has 0 aliphatic heterocycles. The van der Waals surface area contributed by atoms with Gasteiger partial charge in [-0.15, -0.1) is 11.3 Å². The first-order valence-corrected chi connectivity index (χ1v) is 7.88. The summed E-state index contributed by atoms with van der Waals surface area (Å²) < 4.78 is 1.18. The van der Waals surface area contributed by atoms with Crippen LogP contribution in [0.1, 0.15) is 30.6 Å². The molecule has 1 aromatic heterocycles. The average molecular weight is 317 g/mol. The van der Waals surface area contributed by atoms with Crippen LogP contribution in [-0.4, -0.2) is 30.6 Å². The predicted molar refractivity (Wildman–Crippen MR) is 78.6 cm³/mol. The lowest BCUT2D eigenvalue weighted by Gasteiger charge is -2.41. The van der Waals surface area contributed by atoms with Crippen LogP contribution in [0.25, 0.3) is 0 Å². The van der Waals surface area contributed by atoms with Crippen LogP contribution in [0.5, 0.6) is 0 Å². The van der Waals surface area contributed by atoms with Crippen LogP contribution in [0.2, 0.25) is 0 Å². The molecule has 1 saturated carbocycles. The lowest BCUT2D eigenvalue weighted by Crippen LogP contribution is -2.56. The first-order valence-electron chi connectivity index (χ1n) is 6.20. The molecule has 0 radical (unpaired) electrons. The van der Waals surface area contributed by atoms with Gasteiger partial charge >= 0.3 is 0 Å². The highest BCUT2D eigenvalue weighted by atomic mass is 79.9. The second-order valence-corrected chi connectivity index (χ2v) is 7.16. The third-order valence-corrected chi connectivity index (χ3v) is 5.81. The lowest BCUT2D eigenvalue weighted by molar-refractivity contribution is 0.123. The van der Waals surface area contributed by atoms with Gasteiger partial charge in [0.05, 0.1) is 0 Å².